The summed E-state index contributed by atoms with van der Waals surface area (Å²) < 4.78 is 22.9. The molecule has 2 heterocycles. The fraction of sp³-hybridized carbons (Fsp3) is 0.905. The minimum Gasteiger partial charge on any atom is -0.394 e. The van der Waals surface area contributed by atoms with Gasteiger partial charge in [-0.2, -0.15) is 0 Å². The van der Waals surface area contributed by atoms with Gasteiger partial charge in [-0.3, -0.25) is 4.79 Å². The number of carbonyl (C=O) groups is 1. The van der Waals surface area contributed by atoms with Crippen molar-refractivity contribution in [3.05, 3.63) is 36.5 Å². The lowest BCUT2D eigenvalue weighted by Gasteiger charge is -2.46. The normalized spacial score (nSPS) is 23.3. The van der Waals surface area contributed by atoms with Crippen LogP contribution in [0.5, 0.6) is 0 Å². The van der Waals surface area contributed by atoms with Crippen molar-refractivity contribution in [2.75, 3.05) is 19.8 Å². The Morgan fingerprint density at radius 1 is 0.398 bits per heavy atom. The highest BCUT2D eigenvalue weighted by atomic mass is 16.7. The topological polar surface area (TPSA) is 228 Å². The summed E-state index contributed by atoms with van der Waals surface area (Å²) in [6.07, 6.45) is 59.4. The van der Waals surface area contributed by atoms with Crippen molar-refractivity contribution in [3.8, 4) is 0 Å². The van der Waals surface area contributed by atoms with Crippen LogP contribution in [0.4, 0.5) is 0 Å². The van der Waals surface area contributed by atoms with Crippen LogP contribution in [0, 0.1) is 0 Å². The second-order valence-electron chi connectivity index (χ2n) is 26.4. The first-order valence-electron chi connectivity index (χ1n) is 37.2. The van der Waals surface area contributed by atoms with Gasteiger partial charge >= 0.3 is 0 Å². The molecule has 0 aromatic carbocycles. The summed E-state index contributed by atoms with van der Waals surface area (Å²) >= 11 is 0. The highest BCUT2D eigenvalue weighted by Gasteiger charge is 2.51. The Bertz CT molecular complexity index is 1620. The molecule has 9 N–H and O–H groups in total. The monoisotopic (exact) mass is 1250 g/mol. The van der Waals surface area contributed by atoms with Gasteiger partial charge in [0, 0.05) is 6.42 Å². The first-order valence-corrected chi connectivity index (χ1v) is 37.2. The molecule has 0 radical (unpaired) electrons. The maximum Gasteiger partial charge on any atom is 0.220 e. The van der Waals surface area contributed by atoms with Crippen molar-refractivity contribution in [2.24, 2.45) is 0 Å². The Morgan fingerprint density at radius 2 is 0.727 bits per heavy atom. The fourth-order valence-corrected chi connectivity index (χ4v) is 12.4. The van der Waals surface area contributed by atoms with Crippen molar-refractivity contribution < 1.29 is 64.6 Å². The van der Waals surface area contributed by atoms with E-state index in [4.69, 9.17) is 18.9 Å². The average Bonchev–Trinajstić information content (AvgIpc) is 2.01. The van der Waals surface area contributed by atoms with Gasteiger partial charge in [0.05, 0.1) is 32.0 Å². The third-order valence-corrected chi connectivity index (χ3v) is 18.3. The first kappa shape index (κ1) is 82.3. The highest BCUT2D eigenvalue weighted by molar-refractivity contribution is 5.76. The number of carbonyl (C=O) groups excluding carboxylic acids is 1. The SMILES string of the molecule is CCCCCCCCCC/C=C\CCCCCCCCCCCC(=O)NC(COC1OC(CO)C(OC2OC(CO)C(O)C(O)C2O)C(O)C1O)C(O)/C=C/CC/C=C/CCCCCCCCCCCCCCCCCCCCCCCCCCCCC. The van der Waals surface area contributed by atoms with Gasteiger partial charge in [-0.15, -0.1) is 0 Å². The number of rotatable bonds is 62. The number of aliphatic hydroxyl groups is 8. The largest absolute Gasteiger partial charge is 0.394 e. The number of unbranched alkanes of at least 4 members (excludes halogenated alkanes) is 45. The van der Waals surface area contributed by atoms with Crippen molar-refractivity contribution in [2.45, 2.75) is 408 Å². The quantitative estimate of drug-likeness (QED) is 0.0204. The first-order chi connectivity index (χ1) is 43.1. The molecule has 12 atom stereocenters. The van der Waals surface area contributed by atoms with Crippen molar-refractivity contribution >= 4 is 5.91 Å². The van der Waals surface area contributed by atoms with Gasteiger partial charge in [0.15, 0.2) is 12.6 Å². The summed E-state index contributed by atoms with van der Waals surface area (Å²) in [5.74, 6) is -0.247. The maximum absolute atomic E-state index is 13.3. The summed E-state index contributed by atoms with van der Waals surface area (Å²) in [5.41, 5.74) is 0. The Hall–Kier alpha value is -1.79. The third kappa shape index (κ3) is 42.4. The smallest absolute Gasteiger partial charge is 0.220 e. The van der Waals surface area contributed by atoms with E-state index < -0.39 is 86.8 Å². The predicted octanol–water partition coefficient (Wildman–Crippen LogP) is 15.7. The van der Waals surface area contributed by atoms with Crippen LogP contribution in [0.15, 0.2) is 36.5 Å². The summed E-state index contributed by atoms with van der Waals surface area (Å²) in [7, 11) is 0. The zero-order valence-corrected chi connectivity index (χ0v) is 56.5. The molecule has 12 unspecified atom stereocenters. The van der Waals surface area contributed by atoms with Crippen LogP contribution in [0.25, 0.3) is 0 Å². The van der Waals surface area contributed by atoms with E-state index >= 15 is 0 Å². The second kappa shape index (κ2) is 59.0. The molecule has 1 amide bonds. The Morgan fingerprint density at radius 3 is 1.11 bits per heavy atom. The molecular weight excluding hydrogens is 1110 g/mol. The number of ether oxygens (including phenoxy) is 4. The van der Waals surface area contributed by atoms with E-state index in [2.05, 4.69) is 43.5 Å². The molecule has 0 saturated carbocycles. The van der Waals surface area contributed by atoms with Crippen LogP contribution in [0.2, 0.25) is 0 Å². The Labute approximate surface area is 538 Å². The van der Waals surface area contributed by atoms with Crippen LogP contribution in [0.3, 0.4) is 0 Å². The van der Waals surface area contributed by atoms with E-state index in [0.717, 1.165) is 32.1 Å². The zero-order chi connectivity index (χ0) is 63.8. The molecule has 88 heavy (non-hydrogen) atoms. The fourth-order valence-electron chi connectivity index (χ4n) is 12.4. The molecule has 0 spiro atoms. The summed E-state index contributed by atoms with van der Waals surface area (Å²) in [4.78, 5) is 13.3. The van der Waals surface area contributed by atoms with Crippen LogP contribution >= 0.6 is 0 Å². The molecule has 0 aromatic rings. The van der Waals surface area contributed by atoms with Gasteiger partial charge in [-0.1, -0.05) is 307 Å². The van der Waals surface area contributed by atoms with Gasteiger partial charge in [-0.05, 0) is 57.8 Å². The predicted molar refractivity (Wildman–Crippen MR) is 360 cm³/mol. The summed E-state index contributed by atoms with van der Waals surface area (Å²) in [6, 6.07) is -0.934. The maximum atomic E-state index is 13.3. The Balaban J connectivity index is 1.66. The van der Waals surface area contributed by atoms with Crippen molar-refractivity contribution in [3.63, 3.8) is 0 Å². The van der Waals surface area contributed by atoms with E-state index in [0.29, 0.717) is 12.8 Å². The van der Waals surface area contributed by atoms with Gasteiger partial charge in [0.2, 0.25) is 5.91 Å². The van der Waals surface area contributed by atoms with E-state index in [1.54, 1.807) is 6.08 Å². The molecule has 518 valence electrons. The lowest BCUT2D eigenvalue weighted by Crippen LogP contribution is -2.65. The number of hydrogen-bond acceptors (Lipinski definition) is 13. The lowest BCUT2D eigenvalue weighted by molar-refractivity contribution is -0.359. The number of hydrogen-bond donors (Lipinski definition) is 9. The Kier molecular flexibility index (Phi) is 55.2. The molecule has 2 saturated heterocycles. The van der Waals surface area contributed by atoms with Crippen LogP contribution < -0.4 is 5.32 Å². The molecule has 2 aliphatic heterocycles. The molecule has 0 bridgehead atoms. The van der Waals surface area contributed by atoms with E-state index in [1.807, 2.05) is 6.08 Å². The van der Waals surface area contributed by atoms with Crippen molar-refractivity contribution in [1.82, 2.24) is 5.32 Å². The molecule has 2 rings (SSSR count). The summed E-state index contributed by atoms with van der Waals surface area (Å²) in [5, 5.41) is 87.5. The van der Waals surface area contributed by atoms with Crippen LogP contribution in [-0.2, 0) is 23.7 Å². The zero-order valence-electron chi connectivity index (χ0n) is 56.5. The number of allylic oxidation sites excluding steroid dienone is 5. The van der Waals surface area contributed by atoms with Crippen molar-refractivity contribution in [1.29, 1.82) is 0 Å². The van der Waals surface area contributed by atoms with Gasteiger partial charge < -0.3 is 65.1 Å². The second-order valence-corrected chi connectivity index (χ2v) is 26.4. The van der Waals surface area contributed by atoms with E-state index in [-0.39, 0.29) is 18.9 Å². The van der Waals surface area contributed by atoms with E-state index in [1.165, 1.54) is 270 Å². The highest BCUT2D eigenvalue weighted by Crippen LogP contribution is 2.30. The van der Waals surface area contributed by atoms with Gasteiger partial charge in [0.1, 0.15) is 48.8 Å². The molecule has 2 aliphatic rings. The molecule has 0 aliphatic carbocycles. The van der Waals surface area contributed by atoms with Gasteiger partial charge in [0.25, 0.3) is 0 Å². The minimum atomic E-state index is -1.79. The van der Waals surface area contributed by atoms with Crippen LogP contribution in [0.1, 0.15) is 335 Å². The minimum absolute atomic E-state index is 0.247. The molecule has 0 aromatic heterocycles. The average molecular weight is 1250 g/mol. The van der Waals surface area contributed by atoms with Crippen LogP contribution in [-0.4, -0.2) is 140 Å². The third-order valence-electron chi connectivity index (χ3n) is 18.3. The van der Waals surface area contributed by atoms with Gasteiger partial charge in [-0.25, -0.2) is 0 Å². The molecular formula is C74H139NO13. The number of aliphatic hydroxyl groups excluding tert-OH is 8. The number of amides is 1. The lowest BCUT2D eigenvalue weighted by atomic mass is 9.97. The standard InChI is InChI=1S/C74H139NO13/c1-3-5-7-9-11-13-15-17-19-21-23-25-26-27-28-29-30-31-32-33-34-35-36-38-39-41-43-45-47-49-51-53-55-57-63(78)62(61-85-73-71(84)69(82)72(65(60-77)87-73)88-74-70(83)68(81)67(80)64(59-76)86-74)75-66(79)58-56-54-52-50-48-46-44-42-40-37-24-22-20-18-16-14-12-10-8-6-4-2/h22,24,47,49,55,57,62-65,67-74,76-78,80-84H,3-21,23,25-46,48,50-54,56,58-61H2,1-2H3,(H,75,79)/b24-22-,49-47+,57-55+. The molecule has 14 heteroatoms. The molecule has 14 nitrogen and oxygen atoms in total. The number of nitrogens with one attached hydrogen (secondary N) is 1. The summed E-state index contributed by atoms with van der Waals surface area (Å²) in [6.45, 7) is 2.83. The van der Waals surface area contributed by atoms with E-state index in [9.17, 15) is 45.6 Å². The molecule has 2 fully saturated rings.